The Kier molecular flexibility index (Phi) is 5.75. The fraction of sp³-hybridized carbons (Fsp3) is 0.417. The molecule has 0 unspecified atom stereocenters. The summed E-state index contributed by atoms with van der Waals surface area (Å²) in [5.41, 5.74) is 2.26. The molecule has 0 bridgehead atoms. The zero-order valence-electron chi connectivity index (χ0n) is 19.2. The van der Waals surface area contributed by atoms with E-state index in [4.69, 9.17) is 14.5 Å². The average Bonchev–Trinajstić information content (AvgIpc) is 2.70. The molecule has 0 aliphatic heterocycles. The van der Waals surface area contributed by atoms with Crippen molar-refractivity contribution >= 4 is 28.6 Å². The van der Waals surface area contributed by atoms with Crippen LogP contribution >= 0.6 is 11.8 Å². The molecule has 1 N–H and O–H groups in total. The lowest BCUT2D eigenvalue weighted by atomic mass is 9.73. The number of pyridine rings is 1. The van der Waals surface area contributed by atoms with Crippen molar-refractivity contribution in [2.24, 2.45) is 5.41 Å². The number of Topliss-reactive ketones (excluding diaryl/α,β-unsaturated/α-hetero) is 1. The number of hydrogen-bond acceptors (Lipinski definition) is 7. The van der Waals surface area contributed by atoms with E-state index in [1.54, 1.807) is 26.4 Å². The van der Waals surface area contributed by atoms with Gasteiger partial charge in [0.2, 0.25) is 0 Å². The third-order valence-corrected chi connectivity index (χ3v) is 6.38. The van der Waals surface area contributed by atoms with Gasteiger partial charge in [0.25, 0.3) is 5.56 Å². The summed E-state index contributed by atoms with van der Waals surface area (Å²) in [7, 11) is 3.12. The van der Waals surface area contributed by atoms with E-state index in [9.17, 15) is 9.59 Å². The monoisotopic (exact) mass is 453 g/mol. The van der Waals surface area contributed by atoms with Crippen LogP contribution in [0.2, 0.25) is 0 Å². The van der Waals surface area contributed by atoms with Crippen LogP contribution in [0.5, 0.6) is 11.5 Å². The van der Waals surface area contributed by atoms with Gasteiger partial charge in [0.05, 0.1) is 25.3 Å². The Morgan fingerprint density at radius 1 is 1.03 bits per heavy atom. The Bertz CT molecular complexity index is 1280. The van der Waals surface area contributed by atoms with Crippen LogP contribution in [0.4, 0.5) is 0 Å². The van der Waals surface area contributed by atoms with Crippen molar-refractivity contribution in [2.45, 2.75) is 50.9 Å². The summed E-state index contributed by atoms with van der Waals surface area (Å²) in [5, 5.41) is 1.08. The normalized spacial score (nSPS) is 15.2. The molecule has 1 aromatic carbocycles. The number of ether oxygens (including phenoxy) is 2. The number of fused-ring (bicyclic) bond motifs is 2. The van der Waals surface area contributed by atoms with Gasteiger partial charge in [-0.15, -0.1) is 0 Å². The Balaban J connectivity index is 2.09. The van der Waals surface area contributed by atoms with Crippen molar-refractivity contribution in [3.63, 3.8) is 0 Å². The molecule has 7 nitrogen and oxygen atoms in total. The number of benzene rings is 1. The van der Waals surface area contributed by atoms with Gasteiger partial charge in [-0.05, 0) is 29.5 Å². The van der Waals surface area contributed by atoms with Gasteiger partial charge < -0.3 is 14.5 Å². The zero-order valence-corrected chi connectivity index (χ0v) is 20.0. The highest BCUT2D eigenvalue weighted by molar-refractivity contribution is 7.99. The Morgan fingerprint density at radius 3 is 2.41 bits per heavy atom. The van der Waals surface area contributed by atoms with Gasteiger partial charge in [-0.3, -0.25) is 9.59 Å². The molecule has 3 aromatic rings. The average molecular weight is 454 g/mol. The number of hydrogen-bond donors (Lipinski definition) is 1. The van der Waals surface area contributed by atoms with E-state index < -0.39 is 0 Å². The number of aromatic nitrogens is 3. The minimum Gasteiger partial charge on any atom is -0.493 e. The minimum atomic E-state index is -0.309. The second-order valence-corrected chi connectivity index (χ2v) is 10.6. The Labute approximate surface area is 191 Å². The molecule has 0 amide bonds. The quantitative estimate of drug-likeness (QED) is 0.443. The van der Waals surface area contributed by atoms with Gasteiger partial charge in [-0.25, -0.2) is 9.97 Å². The van der Waals surface area contributed by atoms with Crippen molar-refractivity contribution in [2.75, 3.05) is 14.2 Å². The summed E-state index contributed by atoms with van der Waals surface area (Å²) in [6, 6.07) is 5.39. The molecule has 0 radical (unpaired) electrons. The highest BCUT2D eigenvalue weighted by atomic mass is 32.2. The van der Waals surface area contributed by atoms with Crippen LogP contribution < -0.4 is 15.0 Å². The molecule has 168 valence electrons. The summed E-state index contributed by atoms with van der Waals surface area (Å²) < 4.78 is 10.8. The van der Waals surface area contributed by atoms with Crippen LogP contribution in [0, 0.1) is 5.41 Å². The van der Waals surface area contributed by atoms with Gasteiger partial charge >= 0.3 is 0 Å². The number of aromatic amines is 1. The predicted molar refractivity (Wildman–Crippen MR) is 126 cm³/mol. The number of nitrogens with one attached hydrogen (secondary N) is 1. The molecular formula is C24H27N3O4S. The van der Waals surface area contributed by atoms with E-state index in [0.29, 0.717) is 62.9 Å². The molecule has 0 fully saturated rings. The molecule has 2 heterocycles. The van der Waals surface area contributed by atoms with Crippen molar-refractivity contribution < 1.29 is 14.3 Å². The minimum absolute atomic E-state index is 0.0181. The molecular weight excluding hydrogens is 426 g/mol. The number of H-pyrrole nitrogens is 1. The first kappa shape index (κ1) is 22.3. The maximum Gasteiger partial charge on any atom is 0.261 e. The second kappa shape index (κ2) is 8.24. The van der Waals surface area contributed by atoms with E-state index >= 15 is 0 Å². The number of ketones is 1. The number of carbonyl (C=O) groups is 1. The lowest BCUT2D eigenvalue weighted by Crippen LogP contribution is -2.29. The maximum atomic E-state index is 13.3. The van der Waals surface area contributed by atoms with Gasteiger partial charge in [0.15, 0.2) is 28.1 Å². The van der Waals surface area contributed by atoms with Crippen molar-refractivity contribution in [1.82, 2.24) is 15.0 Å². The number of thioether (sulfide) groups is 1. The van der Waals surface area contributed by atoms with Gasteiger partial charge in [-0.2, -0.15) is 0 Å². The molecule has 1 aliphatic rings. The fourth-order valence-electron chi connectivity index (χ4n) is 4.23. The topological polar surface area (TPSA) is 94.2 Å². The van der Waals surface area contributed by atoms with E-state index in [-0.39, 0.29) is 22.0 Å². The smallest absolute Gasteiger partial charge is 0.261 e. The summed E-state index contributed by atoms with van der Waals surface area (Å²) >= 11 is 1.47. The molecule has 2 aromatic heterocycles. The van der Waals surface area contributed by atoms with Crippen LogP contribution in [0.1, 0.15) is 50.2 Å². The third-order valence-electron chi connectivity index (χ3n) is 5.49. The second-order valence-electron chi connectivity index (χ2n) is 9.06. The van der Waals surface area contributed by atoms with Crippen molar-refractivity contribution in [1.29, 1.82) is 0 Å². The van der Waals surface area contributed by atoms with Crippen LogP contribution in [0.3, 0.4) is 0 Å². The lowest BCUT2D eigenvalue weighted by molar-refractivity contribution is 0.0911. The number of nitrogens with zero attached hydrogens (tertiary/aromatic N) is 2. The maximum absolute atomic E-state index is 13.3. The lowest BCUT2D eigenvalue weighted by Gasteiger charge is -2.31. The van der Waals surface area contributed by atoms with E-state index in [0.717, 1.165) is 0 Å². The third kappa shape index (κ3) is 3.99. The van der Waals surface area contributed by atoms with E-state index in [1.807, 2.05) is 19.9 Å². The summed E-state index contributed by atoms with van der Waals surface area (Å²) in [6.07, 6.45) is 1.02. The van der Waals surface area contributed by atoms with E-state index in [1.165, 1.54) is 11.8 Å². The molecule has 32 heavy (non-hydrogen) atoms. The molecule has 0 saturated carbocycles. The summed E-state index contributed by atoms with van der Waals surface area (Å²) in [5.74, 6) is 1.07. The number of rotatable bonds is 5. The fourth-order valence-corrected chi connectivity index (χ4v) is 4.96. The largest absolute Gasteiger partial charge is 0.493 e. The highest BCUT2D eigenvalue weighted by Gasteiger charge is 2.36. The van der Waals surface area contributed by atoms with E-state index in [2.05, 4.69) is 23.8 Å². The molecule has 1 aliphatic carbocycles. The highest BCUT2D eigenvalue weighted by Crippen LogP contribution is 2.42. The van der Waals surface area contributed by atoms with Crippen LogP contribution in [0.15, 0.2) is 28.2 Å². The van der Waals surface area contributed by atoms with Crippen molar-refractivity contribution in [3.8, 4) is 22.6 Å². The molecule has 0 spiro atoms. The molecule has 0 atom stereocenters. The Morgan fingerprint density at radius 2 is 1.75 bits per heavy atom. The summed E-state index contributed by atoms with van der Waals surface area (Å²) in [6.45, 7) is 8.18. The zero-order chi connectivity index (χ0) is 23.2. The Hall–Kier alpha value is -2.87. The summed E-state index contributed by atoms with van der Waals surface area (Å²) in [4.78, 5) is 38.8. The van der Waals surface area contributed by atoms with Gasteiger partial charge in [0, 0.05) is 22.8 Å². The number of methoxy groups -OCH3 is 2. The van der Waals surface area contributed by atoms with Gasteiger partial charge in [-0.1, -0.05) is 45.5 Å². The molecule has 8 heteroatoms. The standard InChI is InChI=1S/C24H27N3O4S/c1-12(2)32-23-26-21-20(22(29)27-23)18(13-7-8-16(30-5)17(9-13)31-6)19-14(25-21)10-24(3,4)11-15(19)28/h7-9,12H,10-11H2,1-6H3,(H,25,26,27,29). The number of carbonyl (C=O) groups excluding carboxylic acids is 1. The first-order chi connectivity index (χ1) is 15.1. The molecule has 0 saturated heterocycles. The SMILES string of the molecule is COc1ccc(-c2c3c(nc4nc(SC(C)C)[nH]c(=O)c24)CC(C)(C)CC3=O)cc1OC. The van der Waals surface area contributed by atoms with Crippen LogP contribution in [-0.4, -0.2) is 40.2 Å². The molecule has 4 rings (SSSR count). The van der Waals surface area contributed by atoms with Crippen LogP contribution in [0.25, 0.3) is 22.2 Å². The first-order valence-electron chi connectivity index (χ1n) is 10.5. The van der Waals surface area contributed by atoms with Crippen LogP contribution in [-0.2, 0) is 6.42 Å². The predicted octanol–water partition coefficient (Wildman–Crippen LogP) is 4.66. The first-order valence-corrected chi connectivity index (χ1v) is 11.4. The van der Waals surface area contributed by atoms with Gasteiger partial charge in [0.1, 0.15) is 0 Å². The van der Waals surface area contributed by atoms with Crippen molar-refractivity contribution in [3.05, 3.63) is 39.8 Å².